The van der Waals surface area contributed by atoms with Gasteiger partial charge in [-0.15, -0.1) is 12.4 Å². The predicted molar refractivity (Wildman–Crippen MR) is 88.8 cm³/mol. The van der Waals surface area contributed by atoms with Crippen LogP contribution >= 0.6 is 12.4 Å². The first-order valence-electron chi connectivity index (χ1n) is 6.59. The minimum atomic E-state index is 0. The summed E-state index contributed by atoms with van der Waals surface area (Å²) >= 11 is 0. The average Bonchev–Trinajstić information content (AvgIpc) is 2.87. The number of hydrogen-bond acceptors (Lipinski definition) is 1. The fourth-order valence-corrected chi connectivity index (χ4v) is 2.34. The number of H-pyrrole nitrogens is 1. The van der Waals surface area contributed by atoms with Crippen LogP contribution in [0.2, 0.25) is 0 Å². The van der Waals surface area contributed by atoms with Gasteiger partial charge in [0.05, 0.1) is 0 Å². The monoisotopic (exact) mass is 286 g/mol. The first-order valence-corrected chi connectivity index (χ1v) is 6.59. The SMILES string of the molecule is Cc1ccc(C)c(NCc2ccc3[nH]ccc3c2)c1.Cl. The van der Waals surface area contributed by atoms with Crippen LogP contribution in [0.1, 0.15) is 16.7 Å². The summed E-state index contributed by atoms with van der Waals surface area (Å²) in [5, 5.41) is 4.78. The molecule has 0 aliphatic heterocycles. The molecular weight excluding hydrogens is 268 g/mol. The van der Waals surface area contributed by atoms with Gasteiger partial charge < -0.3 is 10.3 Å². The van der Waals surface area contributed by atoms with Crippen LogP contribution in [0.3, 0.4) is 0 Å². The number of rotatable bonds is 3. The third kappa shape index (κ3) is 2.97. The van der Waals surface area contributed by atoms with E-state index in [1.165, 1.54) is 33.3 Å². The molecular formula is C17H19ClN2. The second-order valence-electron chi connectivity index (χ2n) is 5.07. The van der Waals surface area contributed by atoms with E-state index in [4.69, 9.17) is 0 Å². The van der Waals surface area contributed by atoms with E-state index < -0.39 is 0 Å². The lowest BCUT2D eigenvalue weighted by atomic mass is 10.1. The first-order chi connectivity index (χ1) is 9.22. The highest BCUT2D eigenvalue weighted by atomic mass is 35.5. The number of fused-ring (bicyclic) bond motifs is 1. The molecule has 0 unspecified atom stereocenters. The van der Waals surface area contributed by atoms with Crippen molar-refractivity contribution in [3.8, 4) is 0 Å². The molecule has 0 saturated carbocycles. The van der Waals surface area contributed by atoms with Crippen molar-refractivity contribution >= 4 is 29.0 Å². The van der Waals surface area contributed by atoms with Crippen molar-refractivity contribution < 1.29 is 0 Å². The smallest absolute Gasteiger partial charge is 0.0454 e. The molecule has 2 aromatic carbocycles. The van der Waals surface area contributed by atoms with Gasteiger partial charge in [-0.05, 0) is 60.2 Å². The lowest BCUT2D eigenvalue weighted by Gasteiger charge is -2.10. The number of aryl methyl sites for hydroxylation is 2. The summed E-state index contributed by atoms with van der Waals surface area (Å²) in [4.78, 5) is 3.22. The van der Waals surface area contributed by atoms with E-state index >= 15 is 0 Å². The third-order valence-corrected chi connectivity index (χ3v) is 3.49. The summed E-state index contributed by atoms with van der Waals surface area (Å²) in [5.74, 6) is 0. The van der Waals surface area contributed by atoms with E-state index in [-0.39, 0.29) is 12.4 Å². The number of aromatic amines is 1. The van der Waals surface area contributed by atoms with Gasteiger partial charge in [0.2, 0.25) is 0 Å². The summed E-state index contributed by atoms with van der Waals surface area (Å²) in [6.45, 7) is 5.11. The number of benzene rings is 2. The van der Waals surface area contributed by atoms with Crippen LogP contribution in [-0.4, -0.2) is 4.98 Å². The van der Waals surface area contributed by atoms with Gasteiger partial charge in [0.1, 0.15) is 0 Å². The van der Waals surface area contributed by atoms with Crippen molar-refractivity contribution in [3.63, 3.8) is 0 Å². The molecule has 0 aliphatic carbocycles. The van der Waals surface area contributed by atoms with E-state index in [9.17, 15) is 0 Å². The Bertz CT molecular complexity index is 716. The second kappa shape index (κ2) is 6.02. The highest BCUT2D eigenvalue weighted by Gasteiger charge is 2.00. The lowest BCUT2D eigenvalue weighted by molar-refractivity contribution is 1.14. The Kier molecular flexibility index (Phi) is 4.35. The number of nitrogens with one attached hydrogen (secondary N) is 2. The van der Waals surface area contributed by atoms with Gasteiger partial charge in [-0.3, -0.25) is 0 Å². The van der Waals surface area contributed by atoms with Crippen molar-refractivity contribution in [1.29, 1.82) is 0 Å². The summed E-state index contributed by atoms with van der Waals surface area (Å²) in [5.41, 5.74) is 6.28. The highest BCUT2D eigenvalue weighted by Crippen LogP contribution is 2.19. The molecule has 0 aliphatic rings. The van der Waals surface area contributed by atoms with E-state index in [2.05, 4.69) is 66.6 Å². The molecule has 0 spiro atoms. The van der Waals surface area contributed by atoms with E-state index in [1.807, 2.05) is 6.20 Å². The second-order valence-corrected chi connectivity index (χ2v) is 5.07. The van der Waals surface area contributed by atoms with E-state index in [0.717, 1.165) is 6.54 Å². The fourth-order valence-electron chi connectivity index (χ4n) is 2.34. The molecule has 0 bridgehead atoms. The van der Waals surface area contributed by atoms with Gasteiger partial charge in [-0.1, -0.05) is 18.2 Å². The zero-order valence-electron chi connectivity index (χ0n) is 11.7. The standard InChI is InChI=1S/C17H18N2.ClH/c1-12-3-4-13(2)17(9-12)19-11-14-5-6-16-15(10-14)7-8-18-16;/h3-10,18-19H,11H2,1-2H3;1H. The Morgan fingerprint density at radius 1 is 1.00 bits per heavy atom. The molecule has 3 aromatic rings. The van der Waals surface area contributed by atoms with Crippen molar-refractivity contribution in [1.82, 2.24) is 4.98 Å². The van der Waals surface area contributed by atoms with Gasteiger partial charge in [0.25, 0.3) is 0 Å². The van der Waals surface area contributed by atoms with Crippen LogP contribution in [0.15, 0.2) is 48.7 Å². The Morgan fingerprint density at radius 3 is 2.70 bits per heavy atom. The van der Waals surface area contributed by atoms with E-state index in [1.54, 1.807) is 0 Å². The zero-order chi connectivity index (χ0) is 13.2. The Hall–Kier alpha value is -1.93. The van der Waals surface area contributed by atoms with Crippen LogP contribution < -0.4 is 5.32 Å². The summed E-state index contributed by atoms with van der Waals surface area (Å²) in [7, 11) is 0. The molecule has 0 saturated heterocycles. The number of hydrogen-bond donors (Lipinski definition) is 2. The maximum Gasteiger partial charge on any atom is 0.0454 e. The quantitative estimate of drug-likeness (QED) is 0.710. The van der Waals surface area contributed by atoms with Gasteiger partial charge in [0, 0.05) is 23.9 Å². The molecule has 1 aromatic heterocycles. The summed E-state index contributed by atoms with van der Waals surface area (Å²) < 4.78 is 0. The molecule has 0 fully saturated rings. The minimum Gasteiger partial charge on any atom is -0.381 e. The molecule has 0 amide bonds. The van der Waals surface area contributed by atoms with Crippen LogP contribution in [-0.2, 0) is 6.54 Å². The van der Waals surface area contributed by atoms with Gasteiger partial charge in [-0.2, -0.15) is 0 Å². The normalized spacial score (nSPS) is 10.3. The molecule has 2 N–H and O–H groups in total. The topological polar surface area (TPSA) is 27.8 Å². The maximum atomic E-state index is 3.52. The van der Waals surface area contributed by atoms with Crippen LogP contribution in [0.5, 0.6) is 0 Å². The largest absolute Gasteiger partial charge is 0.381 e. The molecule has 104 valence electrons. The predicted octanol–water partition coefficient (Wildman–Crippen LogP) is 4.82. The van der Waals surface area contributed by atoms with Crippen LogP contribution in [0.4, 0.5) is 5.69 Å². The van der Waals surface area contributed by atoms with Crippen molar-refractivity contribution in [2.45, 2.75) is 20.4 Å². The molecule has 1 heterocycles. The summed E-state index contributed by atoms with van der Waals surface area (Å²) in [6.07, 6.45) is 1.98. The molecule has 0 atom stereocenters. The molecule has 0 radical (unpaired) electrons. The van der Waals surface area contributed by atoms with E-state index in [0.29, 0.717) is 0 Å². The zero-order valence-corrected chi connectivity index (χ0v) is 12.6. The lowest BCUT2D eigenvalue weighted by Crippen LogP contribution is -2.01. The van der Waals surface area contributed by atoms with Gasteiger partial charge in [-0.25, -0.2) is 0 Å². The number of halogens is 1. The highest BCUT2D eigenvalue weighted by molar-refractivity contribution is 5.85. The molecule has 2 nitrogen and oxygen atoms in total. The third-order valence-electron chi connectivity index (χ3n) is 3.49. The maximum absolute atomic E-state index is 3.52. The number of aromatic nitrogens is 1. The van der Waals surface area contributed by atoms with Crippen molar-refractivity contribution in [2.24, 2.45) is 0 Å². The van der Waals surface area contributed by atoms with Crippen molar-refractivity contribution in [2.75, 3.05) is 5.32 Å². The Balaban J connectivity index is 0.00000147. The van der Waals surface area contributed by atoms with Gasteiger partial charge >= 0.3 is 0 Å². The summed E-state index contributed by atoms with van der Waals surface area (Å²) in [6, 6.07) is 15.1. The molecule has 3 rings (SSSR count). The van der Waals surface area contributed by atoms with Crippen LogP contribution in [0, 0.1) is 13.8 Å². The van der Waals surface area contributed by atoms with Crippen LogP contribution in [0.25, 0.3) is 10.9 Å². The first kappa shape index (κ1) is 14.5. The molecule has 20 heavy (non-hydrogen) atoms. The average molecular weight is 287 g/mol. The van der Waals surface area contributed by atoms with Crippen molar-refractivity contribution in [3.05, 3.63) is 65.4 Å². The molecule has 3 heteroatoms. The Morgan fingerprint density at radius 2 is 1.85 bits per heavy atom. The fraction of sp³-hybridized carbons (Fsp3) is 0.176. The Labute approximate surface area is 125 Å². The minimum absolute atomic E-state index is 0. The number of anilines is 1. The van der Waals surface area contributed by atoms with Gasteiger partial charge in [0.15, 0.2) is 0 Å².